The topological polar surface area (TPSA) is 70.4 Å². The summed E-state index contributed by atoms with van der Waals surface area (Å²) in [6, 6.07) is 7.19. The zero-order valence-corrected chi connectivity index (χ0v) is 13.7. The van der Waals surface area contributed by atoms with Crippen LogP contribution in [0.25, 0.3) is 5.57 Å². The zero-order valence-electron chi connectivity index (χ0n) is 13.7. The van der Waals surface area contributed by atoms with Crippen molar-refractivity contribution in [1.82, 2.24) is 19.8 Å². The maximum Gasteiger partial charge on any atom is 0.317 e. The Hall–Kier alpha value is -2.76. The summed E-state index contributed by atoms with van der Waals surface area (Å²) >= 11 is 0. The van der Waals surface area contributed by atoms with Crippen LogP contribution >= 0.6 is 0 Å². The predicted octanol–water partition coefficient (Wildman–Crippen LogP) is 2.48. The Morgan fingerprint density at radius 1 is 1.38 bits per heavy atom. The lowest BCUT2D eigenvalue weighted by atomic mass is 9.99. The fourth-order valence-corrected chi connectivity index (χ4v) is 2.85. The number of phenols is 1. The molecule has 0 radical (unpaired) electrons. The van der Waals surface area contributed by atoms with Gasteiger partial charge in [-0.1, -0.05) is 18.2 Å². The molecule has 2 N–H and O–H groups in total. The monoisotopic (exact) mass is 326 g/mol. The Bertz CT molecular complexity index is 707. The van der Waals surface area contributed by atoms with E-state index in [2.05, 4.69) is 16.4 Å². The van der Waals surface area contributed by atoms with Crippen LogP contribution in [0.2, 0.25) is 0 Å². The van der Waals surface area contributed by atoms with Crippen molar-refractivity contribution in [2.24, 2.45) is 0 Å². The van der Waals surface area contributed by atoms with Crippen LogP contribution in [0.3, 0.4) is 0 Å². The van der Waals surface area contributed by atoms with Crippen molar-refractivity contribution in [2.45, 2.75) is 25.9 Å². The summed E-state index contributed by atoms with van der Waals surface area (Å²) in [6.45, 7) is 3.98. The van der Waals surface area contributed by atoms with Crippen molar-refractivity contribution in [3.8, 4) is 5.75 Å². The minimum absolute atomic E-state index is 0.0363. The van der Waals surface area contributed by atoms with Crippen LogP contribution in [0.4, 0.5) is 4.79 Å². The molecule has 1 unspecified atom stereocenters. The van der Waals surface area contributed by atoms with Crippen molar-refractivity contribution < 1.29 is 9.90 Å². The first-order valence-electron chi connectivity index (χ1n) is 8.11. The van der Waals surface area contributed by atoms with Gasteiger partial charge in [-0.15, -0.1) is 0 Å². The van der Waals surface area contributed by atoms with Gasteiger partial charge in [0.1, 0.15) is 5.75 Å². The standard InChI is InChI=1S/C18H22N4O2/c1-14(12-21-11-8-19-13-21)20-18(24)22-9-6-16(7-10-22)15-2-4-17(23)5-3-15/h2-6,8,11,13-14,23H,7,9-10,12H2,1H3,(H,20,24). The average Bonchev–Trinajstić information content (AvgIpc) is 3.08. The van der Waals surface area contributed by atoms with Gasteiger partial charge >= 0.3 is 6.03 Å². The molecule has 2 amide bonds. The number of rotatable bonds is 4. The number of amides is 2. The van der Waals surface area contributed by atoms with Crippen LogP contribution in [-0.2, 0) is 6.54 Å². The highest BCUT2D eigenvalue weighted by molar-refractivity contribution is 5.77. The van der Waals surface area contributed by atoms with E-state index in [0.717, 1.165) is 12.0 Å². The summed E-state index contributed by atoms with van der Waals surface area (Å²) < 4.78 is 1.95. The minimum Gasteiger partial charge on any atom is -0.508 e. The molecule has 1 atom stereocenters. The molecule has 2 heterocycles. The van der Waals surface area contributed by atoms with E-state index in [1.807, 2.05) is 34.7 Å². The second-order valence-corrected chi connectivity index (χ2v) is 6.08. The fraction of sp³-hybridized carbons (Fsp3) is 0.333. The summed E-state index contributed by atoms with van der Waals surface area (Å²) in [5.74, 6) is 0.267. The summed E-state index contributed by atoms with van der Waals surface area (Å²) in [7, 11) is 0. The van der Waals surface area contributed by atoms with Crippen LogP contribution in [-0.4, -0.2) is 44.7 Å². The molecule has 6 heteroatoms. The predicted molar refractivity (Wildman–Crippen MR) is 92.5 cm³/mol. The first kappa shape index (κ1) is 16.1. The Kier molecular flexibility index (Phi) is 4.84. The number of phenolic OH excluding ortho intramolecular Hbond substituents is 1. The van der Waals surface area contributed by atoms with Crippen LogP contribution in [0.1, 0.15) is 18.9 Å². The number of carbonyl (C=O) groups excluding carboxylic acids is 1. The molecule has 1 aliphatic rings. The molecule has 0 saturated carbocycles. The van der Waals surface area contributed by atoms with Gasteiger partial charge in [0.2, 0.25) is 0 Å². The number of urea groups is 1. The van der Waals surface area contributed by atoms with Gasteiger partial charge in [0.25, 0.3) is 0 Å². The summed E-state index contributed by atoms with van der Waals surface area (Å²) in [5.41, 5.74) is 2.31. The Balaban J connectivity index is 1.53. The highest BCUT2D eigenvalue weighted by Crippen LogP contribution is 2.24. The van der Waals surface area contributed by atoms with Crippen LogP contribution in [0.15, 0.2) is 49.1 Å². The van der Waals surface area contributed by atoms with E-state index in [1.54, 1.807) is 24.7 Å². The number of nitrogens with one attached hydrogen (secondary N) is 1. The first-order valence-corrected chi connectivity index (χ1v) is 8.11. The third-order valence-corrected chi connectivity index (χ3v) is 4.15. The van der Waals surface area contributed by atoms with Gasteiger partial charge in [0.05, 0.1) is 6.33 Å². The quantitative estimate of drug-likeness (QED) is 0.907. The van der Waals surface area contributed by atoms with E-state index < -0.39 is 0 Å². The van der Waals surface area contributed by atoms with Gasteiger partial charge < -0.3 is 19.9 Å². The van der Waals surface area contributed by atoms with Crippen LogP contribution in [0.5, 0.6) is 5.75 Å². The number of imidazole rings is 1. The van der Waals surface area contributed by atoms with E-state index >= 15 is 0 Å². The summed E-state index contributed by atoms with van der Waals surface area (Å²) in [4.78, 5) is 18.2. The molecule has 0 saturated heterocycles. The first-order chi connectivity index (χ1) is 11.6. The SMILES string of the molecule is CC(Cn1ccnc1)NC(=O)N1CC=C(c2ccc(O)cc2)CC1. The van der Waals surface area contributed by atoms with E-state index in [9.17, 15) is 9.90 Å². The maximum absolute atomic E-state index is 12.4. The van der Waals surface area contributed by atoms with Crippen molar-refractivity contribution in [3.05, 3.63) is 54.6 Å². The number of carbonyl (C=O) groups is 1. The second kappa shape index (κ2) is 7.21. The molecule has 1 aromatic heterocycles. The normalized spacial score (nSPS) is 15.7. The van der Waals surface area contributed by atoms with Gasteiger partial charge in [0, 0.05) is 38.1 Å². The molecule has 0 fully saturated rings. The highest BCUT2D eigenvalue weighted by atomic mass is 16.3. The van der Waals surface area contributed by atoms with Gasteiger partial charge in [-0.25, -0.2) is 9.78 Å². The van der Waals surface area contributed by atoms with Gasteiger partial charge in [-0.3, -0.25) is 0 Å². The van der Waals surface area contributed by atoms with E-state index in [0.29, 0.717) is 19.6 Å². The van der Waals surface area contributed by atoms with E-state index in [4.69, 9.17) is 0 Å². The Morgan fingerprint density at radius 3 is 2.79 bits per heavy atom. The van der Waals surface area contributed by atoms with E-state index in [1.165, 1.54) is 5.57 Å². The molecule has 2 aromatic rings. The van der Waals surface area contributed by atoms with Crippen LogP contribution in [0, 0.1) is 0 Å². The third kappa shape index (κ3) is 3.95. The second-order valence-electron chi connectivity index (χ2n) is 6.08. The lowest BCUT2D eigenvalue weighted by Gasteiger charge is -2.28. The number of hydrogen-bond acceptors (Lipinski definition) is 3. The molecule has 126 valence electrons. The molecule has 3 rings (SSSR count). The van der Waals surface area contributed by atoms with Crippen molar-refractivity contribution in [3.63, 3.8) is 0 Å². The smallest absolute Gasteiger partial charge is 0.317 e. The molecule has 0 aliphatic carbocycles. The van der Waals surface area contributed by atoms with Gasteiger partial charge in [0.15, 0.2) is 0 Å². The third-order valence-electron chi connectivity index (χ3n) is 4.15. The lowest BCUT2D eigenvalue weighted by Crippen LogP contribution is -2.46. The molecular formula is C18H22N4O2. The number of aromatic nitrogens is 2. The van der Waals surface area contributed by atoms with E-state index in [-0.39, 0.29) is 17.8 Å². The Labute approximate surface area is 141 Å². The highest BCUT2D eigenvalue weighted by Gasteiger charge is 2.19. The average molecular weight is 326 g/mol. The van der Waals surface area contributed by atoms with Crippen molar-refractivity contribution in [2.75, 3.05) is 13.1 Å². The molecule has 1 aromatic carbocycles. The summed E-state index contributed by atoms with van der Waals surface area (Å²) in [5, 5.41) is 12.4. The molecule has 0 spiro atoms. The molecular weight excluding hydrogens is 304 g/mol. The van der Waals surface area contributed by atoms with Crippen molar-refractivity contribution in [1.29, 1.82) is 0 Å². The van der Waals surface area contributed by atoms with Crippen molar-refractivity contribution >= 4 is 11.6 Å². The number of hydrogen-bond donors (Lipinski definition) is 2. The maximum atomic E-state index is 12.4. The van der Waals surface area contributed by atoms with Gasteiger partial charge in [-0.05, 0) is 36.6 Å². The Morgan fingerprint density at radius 2 is 2.17 bits per heavy atom. The molecule has 1 aliphatic heterocycles. The number of aromatic hydroxyl groups is 1. The molecule has 0 bridgehead atoms. The fourth-order valence-electron chi connectivity index (χ4n) is 2.85. The zero-order chi connectivity index (χ0) is 16.9. The van der Waals surface area contributed by atoms with Gasteiger partial charge in [-0.2, -0.15) is 0 Å². The number of benzene rings is 1. The summed E-state index contributed by atoms with van der Waals surface area (Å²) in [6.07, 6.45) is 8.26. The minimum atomic E-state index is -0.0383. The molecule has 24 heavy (non-hydrogen) atoms. The largest absolute Gasteiger partial charge is 0.508 e. The number of nitrogens with zero attached hydrogens (tertiary/aromatic N) is 3. The van der Waals surface area contributed by atoms with Crippen LogP contribution < -0.4 is 5.32 Å². The molecule has 6 nitrogen and oxygen atoms in total. The lowest BCUT2D eigenvalue weighted by molar-refractivity contribution is 0.198.